The topological polar surface area (TPSA) is 110 Å². The van der Waals surface area contributed by atoms with Crippen molar-refractivity contribution in [1.29, 1.82) is 0 Å². The molecule has 0 aromatic carbocycles. The van der Waals surface area contributed by atoms with Crippen LogP contribution >= 0.6 is 0 Å². The lowest BCUT2D eigenvalue weighted by Gasteiger charge is -2.16. The van der Waals surface area contributed by atoms with Gasteiger partial charge in [-0.2, -0.15) is 0 Å². The van der Waals surface area contributed by atoms with Crippen LogP contribution in [0, 0.1) is 5.92 Å². The van der Waals surface area contributed by atoms with E-state index in [0.717, 1.165) is 38.5 Å². The fraction of sp³-hybridized carbons (Fsp3) is 0.875. The summed E-state index contributed by atoms with van der Waals surface area (Å²) in [5.74, 6) is -2.36. The van der Waals surface area contributed by atoms with Gasteiger partial charge in [0.05, 0.1) is 25.6 Å². The van der Waals surface area contributed by atoms with Crippen molar-refractivity contribution < 1.29 is 34.1 Å². The first-order valence-electron chi connectivity index (χ1n) is 12.1. The number of carboxylic acids is 1. The summed E-state index contributed by atoms with van der Waals surface area (Å²) in [4.78, 5) is 34.4. The standard InChI is InChI=1S/C24H44O7/c1-3-5-7-9-10-12-16-20(15-11-8-6-4-2)23(28)30-17-13-14-18-31-24(29)21(25)19-22(26)27/h20-21,25H,3-19H2,1-2H3,(H,26,27)/t20?,21-/m0/s1. The Kier molecular flexibility index (Phi) is 19.2. The lowest BCUT2D eigenvalue weighted by molar-refractivity contribution is -0.158. The van der Waals surface area contributed by atoms with Crippen LogP contribution in [0.4, 0.5) is 0 Å². The summed E-state index contributed by atoms with van der Waals surface area (Å²) in [6, 6.07) is 0. The second-order valence-corrected chi connectivity index (χ2v) is 8.26. The van der Waals surface area contributed by atoms with E-state index in [4.69, 9.17) is 14.6 Å². The largest absolute Gasteiger partial charge is 0.481 e. The molecule has 0 saturated carbocycles. The summed E-state index contributed by atoms with van der Waals surface area (Å²) >= 11 is 0. The summed E-state index contributed by atoms with van der Waals surface area (Å²) in [5, 5.41) is 17.9. The first kappa shape index (κ1) is 29.4. The molecule has 1 unspecified atom stereocenters. The Bertz CT molecular complexity index is 479. The van der Waals surface area contributed by atoms with Crippen LogP contribution in [0.25, 0.3) is 0 Å². The van der Waals surface area contributed by atoms with Gasteiger partial charge in [0.25, 0.3) is 0 Å². The van der Waals surface area contributed by atoms with E-state index in [2.05, 4.69) is 13.8 Å². The maximum absolute atomic E-state index is 12.5. The van der Waals surface area contributed by atoms with E-state index in [0.29, 0.717) is 12.8 Å². The van der Waals surface area contributed by atoms with Gasteiger partial charge in [0.1, 0.15) is 0 Å². The number of aliphatic hydroxyl groups is 1. The highest BCUT2D eigenvalue weighted by Gasteiger charge is 2.20. The lowest BCUT2D eigenvalue weighted by Crippen LogP contribution is -2.26. The Hall–Kier alpha value is -1.63. The Morgan fingerprint density at radius 2 is 1.13 bits per heavy atom. The fourth-order valence-electron chi connectivity index (χ4n) is 3.38. The second-order valence-electron chi connectivity index (χ2n) is 8.26. The van der Waals surface area contributed by atoms with Crippen molar-refractivity contribution in [3.63, 3.8) is 0 Å². The maximum atomic E-state index is 12.5. The second kappa shape index (κ2) is 20.3. The number of rotatable bonds is 21. The molecule has 0 fully saturated rings. The smallest absolute Gasteiger partial charge is 0.335 e. The van der Waals surface area contributed by atoms with E-state index in [9.17, 15) is 19.5 Å². The van der Waals surface area contributed by atoms with Crippen LogP contribution in [-0.2, 0) is 23.9 Å². The Morgan fingerprint density at radius 3 is 1.65 bits per heavy atom. The van der Waals surface area contributed by atoms with Crippen LogP contribution in [-0.4, -0.2) is 47.4 Å². The van der Waals surface area contributed by atoms with Crippen LogP contribution in [0.3, 0.4) is 0 Å². The predicted molar refractivity (Wildman–Crippen MR) is 120 cm³/mol. The van der Waals surface area contributed by atoms with Gasteiger partial charge in [-0.25, -0.2) is 4.79 Å². The molecule has 31 heavy (non-hydrogen) atoms. The van der Waals surface area contributed by atoms with Crippen molar-refractivity contribution >= 4 is 17.9 Å². The normalized spacial score (nSPS) is 12.9. The number of hydrogen-bond acceptors (Lipinski definition) is 6. The Labute approximate surface area is 187 Å². The van der Waals surface area contributed by atoms with Crippen molar-refractivity contribution in [2.24, 2.45) is 5.92 Å². The molecule has 0 aromatic heterocycles. The third-order valence-corrected chi connectivity index (χ3v) is 5.31. The summed E-state index contributed by atoms with van der Waals surface area (Å²) in [7, 11) is 0. The van der Waals surface area contributed by atoms with Gasteiger partial charge in [0.15, 0.2) is 6.10 Å². The highest BCUT2D eigenvalue weighted by Crippen LogP contribution is 2.20. The van der Waals surface area contributed by atoms with Gasteiger partial charge in [0, 0.05) is 0 Å². The van der Waals surface area contributed by atoms with Crippen molar-refractivity contribution in [3.05, 3.63) is 0 Å². The van der Waals surface area contributed by atoms with Gasteiger partial charge in [-0.05, 0) is 25.7 Å². The van der Waals surface area contributed by atoms with Gasteiger partial charge in [0.2, 0.25) is 0 Å². The number of esters is 2. The average molecular weight is 445 g/mol. The Balaban J connectivity index is 4.09. The molecule has 2 atom stereocenters. The minimum atomic E-state index is -1.65. The molecule has 0 aromatic rings. The number of aliphatic carboxylic acids is 1. The zero-order valence-electron chi connectivity index (χ0n) is 19.6. The van der Waals surface area contributed by atoms with Crippen LogP contribution in [0.15, 0.2) is 0 Å². The summed E-state index contributed by atoms with van der Waals surface area (Å²) < 4.78 is 10.3. The first-order chi connectivity index (χ1) is 14.9. The predicted octanol–water partition coefficient (Wildman–Crippen LogP) is 5.03. The van der Waals surface area contributed by atoms with E-state index in [1.165, 1.54) is 38.5 Å². The van der Waals surface area contributed by atoms with Crippen molar-refractivity contribution in [3.8, 4) is 0 Å². The number of hydrogen-bond donors (Lipinski definition) is 2. The molecule has 0 bridgehead atoms. The molecule has 0 radical (unpaired) electrons. The SMILES string of the molecule is CCCCCCCCC(CCCCCC)C(=O)OCCCCOC(=O)[C@@H](O)CC(=O)O. The van der Waals surface area contributed by atoms with Gasteiger partial charge in [-0.3, -0.25) is 9.59 Å². The van der Waals surface area contributed by atoms with Gasteiger partial charge in [-0.15, -0.1) is 0 Å². The van der Waals surface area contributed by atoms with Gasteiger partial charge in [-0.1, -0.05) is 78.1 Å². The van der Waals surface area contributed by atoms with Crippen molar-refractivity contribution in [2.75, 3.05) is 13.2 Å². The molecule has 7 nitrogen and oxygen atoms in total. The van der Waals surface area contributed by atoms with E-state index in [1.807, 2.05) is 0 Å². The van der Waals surface area contributed by atoms with Crippen molar-refractivity contribution in [2.45, 2.75) is 116 Å². The van der Waals surface area contributed by atoms with Gasteiger partial charge >= 0.3 is 17.9 Å². The number of aliphatic hydroxyl groups excluding tert-OH is 1. The van der Waals surface area contributed by atoms with Crippen molar-refractivity contribution in [1.82, 2.24) is 0 Å². The van der Waals surface area contributed by atoms with E-state index in [-0.39, 0.29) is 25.1 Å². The van der Waals surface area contributed by atoms with Crippen LogP contribution in [0.1, 0.15) is 110 Å². The zero-order chi connectivity index (χ0) is 23.3. The molecular formula is C24H44O7. The number of carbonyl (C=O) groups excluding carboxylic acids is 2. The average Bonchev–Trinajstić information content (AvgIpc) is 2.73. The van der Waals surface area contributed by atoms with Crippen LogP contribution in [0.5, 0.6) is 0 Å². The molecule has 7 heteroatoms. The molecule has 0 rings (SSSR count). The number of unbranched alkanes of at least 4 members (excludes halogenated alkanes) is 9. The lowest BCUT2D eigenvalue weighted by atomic mass is 9.94. The number of carboxylic acid groups (broad SMARTS) is 1. The van der Waals surface area contributed by atoms with Gasteiger partial charge < -0.3 is 19.7 Å². The first-order valence-corrected chi connectivity index (χ1v) is 12.1. The summed E-state index contributed by atoms with van der Waals surface area (Å²) in [6.45, 7) is 4.71. The molecule has 0 amide bonds. The molecule has 0 saturated heterocycles. The highest BCUT2D eigenvalue weighted by atomic mass is 16.5. The monoisotopic (exact) mass is 444 g/mol. The molecule has 2 N–H and O–H groups in total. The number of carbonyl (C=O) groups is 3. The van der Waals surface area contributed by atoms with E-state index >= 15 is 0 Å². The molecule has 0 aliphatic carbocycles. The molecule has 0 aliphatic rings. The highest BCUT2D eigenvalue weighted by molar-refractivity contribution is 5.80. The molecule has 0 spiro atoms. The van der Waals surface area contributed by atoms with Crippen LogP contribution < -0.4 is 0 Å². The Morgan fingerprint density at radius 1 is 0.677 bits per heavy atom. The van der Waals surface area contributed by atoms with E-state index in [1.54, 1.807) is 0 Å². The molecular weight excluding hydrogens is 400 g/mol. The van der Waals surface area contributed by atoms with Crippen LogP contribution in [0.2, 0.25) is 0 Å². The molecule has 182 valence electrons. The maximum Gasteiger partial charge on any atom is 0.335 e. The quantitative estimate of drug-likeness (QED) is 0.189. The van der Waals surface area contributed by atoms with E-state index < -0.39 is 24.5 Å². The fourth-order valence-corrected chi connectivity index (χ4v) is 3.38. The summed E-state index contributed by atoms with van der Waals surface area (Å²) in [6.07, 6.45) is 12.3. The minimum absolute atomic E-state index is 0.0352. The third kappa shape index (κ3) is 17.7. The molecule has 0 aliphatic heterocycles. The third-order valence-electron chi connectivity index (χ3n) is 5.31. The number of ether oxygens (including phenoxy) is 2. The molecule has 0 heterocycles. The zero-order valence-corrected chi connectivity index (χ0v) is 19.6. The summed E-state index contributed by atoms with van der Waals surface area (Å²) in [5.41, 5.74) is 0. The minimum Gasteiger partial charge on any atom is -0.481 e.